The van der Waals surface area contributed by atoms with E-state index in [9.17, 15) is 0 Å². The van der Waals surface area contributed by atoms with Crippen LogP contribution in [0.5, 0.6) is 0 Å². The van der Waals surface area contributed by atoms with Crippen molar-refractivity contribution in [3.05, 3.63) is 0 Å². The summed E-state index contributed by atoms with van der Waals surface area (Å²) in [7, 11) is 0. The lowest BCUT2D eigenvalue weighted by Gasteiger charge is -2.54. The second kappa shape index (κ2) is 4.89. The third-order valence-electron chi connectivity index (χ3n) is 5.09. The summed E-state index contributed by atoms with van der Waals surface area (Å²) in [6, 6.07) is 0.768. The molecule has 1 saturated carbocycles. The number of hydrogen-bond donors (Lipinski definition) is 1. The third-order valence-corrected chi connectivity index (χ3v) is 5.09. The predicted octanol–water partition coefficient (Wildman–Crippen LogP) is 3.17. The van der Waals surface area contributed by atoms with Crippen LogP contribution in [0, 0.1) is 0 Å². The van der Waals surface area contributed by atoms with Crippen molar-refractivity contribution in [1.29, 1.82) is 0 Å². The molecule has 1 aliphatic heterocycles. The molecule has 2 nitrogen and oxygen atoms in total. The van der Waals surface area contributed by atoms with Gasteiger partial charge in [0.15, 0.2) is 0 Å². The summed E-state index contributed by atoms with van der Waals surface area (Å²) in [5.41, 5.74) is 0.780. The van der Waals surface area contributed by atoms with E-state index in [0.717, 1.165) is 12.6 Å². The molecule has 1 heterocycles. The van der Waals surface area contributed by atoms with Crippen LogP contribution in [0.25, 0.3) is 0 Å². The lowest BCUT2D eigenvalue weighted by Crippen LogP contribution is -2.69. The van der Waals surface area contributed by atoms with Crippen LogP contribution < -0.4 is 5.32 Å². The van der Waals surface area contributed by atoms with E-state index in [1.165, 1.54) is 45.1 Å². The average molecular weight is 238 g/mol. The number of rotatable bonds is 3. The molecule has 0 aromatic rings. The highest BCUT2D eigenvalue weighted by molar-refractivity contribution is 5.05. The van der Waals surface area contributed by atoms with E-state index >= 15 is 0 Å². The van der Waals surface area contributed by atoms with Gasteiger partial charge < -0.3 is 5.32 Å². The Morgan fingerprint density at radius 3 is 2.24 bits per heavy atom. The molecule has 2 rings (SSSR count). The van der Waals surface area contributed by atoms with Crippen LogP contribution in [0.15, 0.2) is 0 Å². The summed E-state index contributed by atoms with van der Waals surface area (Å²) in [6.07, 6.45) is 8.19. The van der Waals surface area contributed by atoms with Crippen molar-refractivity contribution in [3.63, 3.8) is 0 Å². The van der Waals surface area contributed by atoms with E-state index < -0.39 is 0 Å². The monoisotopic (exact) mass is 238 g/mol. The molecule has 1 saturated heterocycles. The van der Waals surface area contributed by atoms with Gasteiger partial charge in [0.05, 0.1) is 0 Å². The Morgan fingerprint density at radius 2 is 1.71 bits per heavy atom. The highest BCUT2D eigenvalue weighted by Crippen LogP contribution is 2.37. The summed E-state index contributed by atoms with van der Waals surface area (Å²) in [4.78, 5) is 2.80. The Balaban J connectivity index is 2.14. The fraction of sp³-hybridized carbons (Fsp3) is 1.00. The first-order valence-corrected chi connectivity index (χ1v) is 7.55. The molecule has 0 aromatic heterocycles. The minimum atomic E-state index is 0.324. The van der Waals surface area contributed by atoms with Crippen LogP contribution in [-0.4, -0.2) is 35.1 Å². The Kier molecular flexibility index (Phi) is 3.84. The van der Waals surface area contributed by atoms with E-state index in [1.54, 1.807) is 0 Å². The molecular weight excluding hydrogens is 208 g/mol. The van der Waals surface area contributed by atoms with Gasteiger partial charge in [-0.15, -0.1) is 0 Å². The van der Waals surface area contributed by atoms with Crippen molar-refractivity contribution in [1.82, 2.24) is 10.2 Å². The van der Waals surface area contributed by atoms with Crippen molar-refractivity contribution in [3.8, 4) is 0 Å². The molecule has 0 unspecified atom stereocenters. The molecule has 2 fully saturated rings. The standard InChI is InChI=1S/C15H30N2/c1-5-13(6-2)17-12-15(9-7-8-10-15)16-11-14(17,3)4/h13,16H,5-12H2,1-4H3. The molecule has 0 bridgehead atoms. The van der Waals surface area contributed by atoms with Gasteiger partial charge >= 0.3 is 0 Å². The molecule has 17 heavy (non-hydrogen) atoms. The van der Waals surface area contributed by atoms with Crippen LogP contribution in [-0.2, 0) is 0 Å². The van der Waals surface area contributed by atoms with Crippen molar-refractivity contribution in [2.24, 2.45) is 0 Å². The third kappa shape index (κ3) is 2.53. The SMILES string of the molecule is CCC(CC)N1CC2(CCCC2)NCC1(C)C. The zero-order valence-corrected chi connectivity index (χ0v) is 12.2. The Morgan fingerprint density at radius 1 is 1.12 bits per heavy atom. The van der Waals surface area contributed by atoms with Gasteiger partial charge in [0.1, 0.15) is 0 Å². The molecular formula is C15H30N2. The van der Waals surface area contributed by atoms with Crippen LogP contribution in [0.4, 0.5) is 0 Å². The maximum Gasteiger partial charge on any atom is 0.0309 e. The summed E-state index contributed by atoms with van der Waals surface area (Å²) in [5.74, 6) is 0. The zero-order valence-electron chi connectivity index (χ0n) is 12.2. The lowest BCUT2D eigenvalue weighted by molar-refractivity contribution is -0.00865. The summed E-state index contributed by atoms with van der Waals surface area (Å²) < 4.78 is 0. The first kappa shape index (κ1) is 13.4. The van der Waals surface area contributed by atoms with E-state index in [2.05, 4.69) is 37.9 Å². The van der Waals surface area contributed by atoms with Gasteiger partial charge in [-0.1, -0.05) is 26.7 Å². The summed E-state index contributed by atoms with van der Waals surface area (Å²) in [6.45, 7) is 11.9. The van der Waals surface area contributed by atoms with Crippen LogP contribution in [0.1, 0.15) is 66.2 Å². The lowest BCUT2D eigenvalue weighted by atomic mass is 9.85. The molecule has 1 N–H and O–H groups in total. The molecule has 0 aromatic carbocycles. The van der Waals surface area contributed by atoms with Crippen LogP contribution in [0.3, 0.4) is 0 Å². The van der Waals surface area contributed by atoms with Crippen molar-refractivity contribution in [2.45, 2.75) is 83.3 Å². The fourth-order valence-electron chi connectivity index (χ4n) is 3.84. The van der Waals surface area contributed by atoms with Crippen LogP contribution >= 0.6 is 0 Å². The Hall–Kier alpha value is -0.0800. The van der Waals surface area contributed by atoms with Gasteiger partial charge in [0, 0.05) is 30.2 Å². The molecule has 2 aliphatic rings. The smallest absolute Gasteiger partial charge is 0.0309 e. The topological polar surface area (TPSA) is 15.3 Å². The van der Waals surface area contributed by atoms with Crippen molar-refractivity contribution < 1.29 is 0 Å². The number of nitrogens with one attached hydrogen (secondary N) is 1. The minimum absolute atomic E-state index is 0.324. The van der Waals surface area contributed by atoms with Gasteiger partial charge in [-0.3, -0.25) is 4.90 Å². The summed E-state index contributed by atoms with van der Waals surface area (Å²) in [5, 5.41) is 3.88. The van der Waals surface area contributed by atoms with E-state index in [0.29, 0.717) is 11.1 Å². The van der Waals surface area contributed by atoms with Gasteiger partial charge in [-0.2, -0.15) is 0 Å². The van der Waals surface area contributed by atoms with E-state index in [4.69, 9.17) is 0 Å². The van der Waals surface area contributed by atoms with Gasteiger partial charge in [0.2, 0.25) is 0 Å². The predicted molar refractivity (Wildman–Crippen MR) is 74.4 cm³/mol. The number of hydrogen-bond acceptors (Lipinski definition) is 2. The largest absolute Gasteiger partial charge is 0.308 e. The first-order chi connectivity index (χ1) is 8.03. The molecule has 0 atom stereocenters. The fourth-order valence-corrected chi connectivity index (χ4v) is 3.84. The van der Waals surface area contributed by atoms with Gasteiger partial charge in [-0.25, -0.2) is 0 Å². The van der Waals surface area contributed by atoms with Gasteiger partial charge in [0.25, 0.3) is 0 Å². The summed E-state index contributed by atoms with van der Waals surface area (Å²) >= 11 is 0. The zero-order chi connectivity index (χ0) is 12.5. The van der Waals surface area contributed by atoms with Crippen LogP contribution in [0.2, 0.25) is 0 Å². The molecule has 100 valence electrons. The second-order valence-corrected chi connectivity index (χ2v) is 6.75. The maximum absolute atomic E-state index is 3.88. The quantitative estimate of drug-likeness (QED) is 0.812. The maximum atomic E-state index is 3.88. The van der Waals surface area contributed by atoms with E-state index in [-0.39, 0.29) is 0 Å². The highest BCUT2D eigenvalue weighted by Gasteiger charge is 2.45. The minimum Gasteiger partial charge on any atom is -0.308 e. The number of nitrogens with zero attached hydrogens (tertiary/aromatic N) is 1. The Bertz CT molecular complexity index is 250. The average Bonchev–Trinajstić information content (AvgIpc) is 2.75. The Labute approximate surface area is 107 Å². The molecule has 1 spiro atoms. The first-order valence-electron chi connectivity index (χ1n) is 7.55. The van der Waals surface area contributed by atoms with Crippen molar-refractivity contribution >= 4 is 0 Å². The highest BCUT2D eigenvalue weighted by atomic mass is 15.3. The van der Waals surface area contributed by atoms with Gasteiger partial charge in [-0.05, 0) is 39.5 Å². The molecule has 1 aliphatic carbocycles. The number of piperazine rings is 1. The van der Waals surface area contributed by atoms with Crippen molar-refractivity contribution in [2.75, 3.05) is 13.1 Å². The molecule has 0 radical (unpaired) electrons. The molecule has 0 amide bonds. The van der Waals surface area contributed by atoms with E-state index in [1.807, 2.05) is 0 Å². The molecule has 2 heteroatoms. The normalized spacial score (nSPS) is 28.1. The second-order valence-electron chi connectivity index (χ2n) is 6.75.